The van der Waals surface area contributed by atoms with Crippen molar-refractivity contribution in [3.63, 3.8) is 0 Å². The molecule has 1 saturated carbocycles. The summed E-state index contributed by atoms with van der Waals surface area (Å²) < 4.78 is 11.1. The Morgan fingerprint density at radius 2 is 1.87 bits per heavy atom. The fraction of sp³-hybridized carbons (Fsp3) is 0.941. The van der Waals surface area contributed by atoms with Crippen LogP contribution in [0.4, 0.5) is 0 Å². The SMILES string of the molecule is CC(OCC1CCCO1)C(=O)NCCNC1CCCCCC1.Cl. The molecule has 2 atom stereocenters. The van der Waals surface area contributed by atoms with Crippen LogP contribution in [0, 0.1) is 0 Å². The van der Waals surface area contributed by atoms with Gasteiger partial charge in [0.05, 0.1) is 12.7 Å². The van der Waals surface area contributed by atoms with Crippen LogP contribution in [0.2, 0.25) is 0 Å². The molecule has 2 rings (SSSR count). The van der Waals surface area contributed by atoms with Crippen molar-refractivity contribution in [3.05, 3.63) is 0 Å². The van der Waals surface area contributed by atoms with Crippen LogP contribution < -0.4 is 10.6 Å². The first-order chi connectivity index (χ1) is 10.8. The van der Waals surface area contributed by atoms with Crippen molar-refractivity contribution in [2.45, 2.75) is 76.5 Å². The molecule has 0 radical (unpaired) electrons. The van der Waals surface area contributed by atoms with Crippen molar-refractivity contribution in [2.24, 2.45) is 0 Å². The zero-order valence-corrected chi connectivity index (χ0v) is 15.2. The summed E-state index contributed by atoms with van der Waals surface area (Å²) in [5.41, 5.74) is 0. The summed E-state index contributed by atoms with van der Waals surface area (Å²) in [6.07, 6.45) is 9.86. The molecule has 5 nitrogen and oxygen atoms in total. The van der Waals surface area contributed by atoms with Crippen LogP contribution in [0.1, 0.15) is 58.3 Å². The van der Waals surface area contributed by atoms with Gasteiger partial charge in [-0.3, -0.25) is 4.79 Å². The lowest BCUT2D eigenvalue weighted by atomic mass is 10.1. The summed E-state index contributed by atoms with van der Waals surface area (Å²) in [5, 5.41) is 6.50. The van der Waals surface area contributed by atoms with Crippen LogP contribution in [-0.2, 0) is 14.3 Å². The van der Waals surface area contributed by atoms with E-state index in [2.05, 4.69) is 10.6 Å². The predicted octanol–water partition coefficient (Wildman–Crippen LogP) is 2.42. The largest absolute Gasteiger partial charge is 0.376 e. The van der Waals surface area contributed by atoms with Gasteiger partial charge in [0, 0.05) is 25.7 Å². The van der Waals surface area contributed by atoms with Gasteiger partial charge in [0.1, 0.15) is 6.10 Å². The molecule has 0 spiro atoms. The Morgan fingerprint density at radius 1 is 1.13 bits per heavy atom. The summed E-state index contributed by atoms with van der Waals surface area (Å²) in [6.45, 7) is 4.66. The third-order valence-electron chi connectivity index (χ3n) is 4.64. The van der Waals surface area contributed by atoms with Crippen molar-refractivity contribution >= 4 is 18.3 Å². The van der Waals surface area contributed by atoms with E-state index in [1.54, 1.807) is 0 Å². The highest BCUT2D eigenvalue weighted by Gasteiger charge is 2.19. The van der Waals surface area contributed by atoms with Gasteiger partial charge in [0.25, 0.3) is 0 Å². The first kappa shape index (κ1) is 20.7. The van der Waals surface area contributed by atoms with Crippen molar-refractivity contribution in [3.8, 4) is 0 Å². The van der Waals surface area contributed by atoms with E-state index in [-0.39, 0.29) is 24.4 Å². The number of halogens is 1. The van der Waals surface area contributed by atoms with Gasteiger partial charge in [-0.1, -0.05) is 25.7 Å². The number of ether oxygens (including phenoxy) is 2. The number of hydrogen-bond acceptors (Lipinski definition) is 4. The lowest BCUT2D eigenvalue weighted by Crippen LogP contribution is -2.41. The Morgan fingerprint density at radius 3 is 2.52 bits per heavy atom. The Hall–Kier alpha value is -0.360. The highest BCUT2D eigenvalue weighted by Crippen LogP contribution is 2.16. The van der Waals surface area contributed by atoms with E-state index in [9.17, 15) is 4.79 Å². The minimum atomic E-state index is -0.401. The molecule has 1 aliphatic heterocycles. The van der Waals surface area contributed by atoms with Gasteiger partial charge in [-0.2, -0.15) is 0 Å². The molecule has 1 saturated heterocycles. The van der Waals surface area contributed by atoms with Gasteiger partial charge in [-0.15, -0.1) is 12.4 Å². The zero-order valence-electron chi connectivity index (χ0n) is 14.4. The Labute approximate surface area is 146 Å². The lowest BCUT2D eigenvalue weighted by Gasteiger charge is -2.18. The molecule has 0 aromatic heterocycles. The monoisotopic (exact) mass is 348 g/mol. The first-order valence-electron chi connectivity index (χ1n) is 9.00. The molecule has 6 heteroatoms. The molecular weight excluding hydrogens is 316 g/mol. The van der Waals surface area contributed by atoms with Crippen molar-refractivity contribution in [1.82, 2.24) is 10.6 Å². The van der Waals surface area contributed by atoms with Crippen LogP contribution in [-0.4, -0.2) is 50.5 Å². The summed E-state index contributed by atoms with van der Waals surface area (Å²) in [4.78, 5) is 11.9. The molecule has 2 N–H and O–H groups in total. The molecule has 0 bridgehead atoms. The molecule has 136 valence electrons. The zero-order chi connectivity index (χ0) is 15.6. The number of rotatable bonds is 8. The Balaban J connectivity index is 0.00000264. The molecule has 23 heavy (non-hydrogen) atoms. The second-order valence-corrected chi connectivity index (χ2v) is 6.54. The summed E-state index contributed by atoms with van der Waals surface area (Å²) in [5.74, 6) is -0.0272. The minimum absolute atomic E-state index is 0. The number of carbonyl (C=O) groups excluding carboxylic acids is 1. The summed E-state index contributed by atoms with van der Waals surface area (Å²) in [7, 11) is 0. The van der Waals surface area contributed by atoms with Crippen LogP contribution in [0.15, 0.2) is 0 Å². The van der Waals surface area contributed by atoms with Gasteiger partial charge < -0.3 is 20.1 Å². The average molecular weight is 349 g/mol. The highest BCUT2D eigenvalue weighted by molar-refractivity contribution is 5.85. The summed E-state index contributed by atoms with van der Waals surface area (Å²) >= 11 is 0. The van der Waals surface area contributed by atoms with Crippen molar-refractivity contribution in [2.75, 3.05) is 26.3 Å². The fourth-order valence-electron chi connectivity index (χ4n) is 3.19. The van der Waals surface area contributed by atoms with Crippen LogP contribution in [0.3, 0.4) is 0 Å². The number of nitrogens with one attached hydrogen (secondary N) is 2. The van der Waals surface area contributed by atoms with E-state index in [0.717, 1.165) is 26.0 Å². The predicted molar refractivity (Wildman–Crippen MR) is 94.1 cm³/mol. The smallest absolute Gasteiger partial charge is 0.248 e. The quantitative estimate of drug-likeness (QED) is 0.522. The van der Waals surface area contributed by atoms with Crippen LogP contribution in [0.5, 0.6) is 0 Å². The van der Waals surface area contributed by atoms with E-state index in [0.29, 0.717) is 19.2 Å². The second-order valence-electron chi connectivity index (χ2n) is 6.54. The van der Waals surface area contributed by atoms with E-state index in [4.69, 9.17) is 9.47 Å². The van der Waals surface area contributed by atoms with E-state index < -0.39 is 6.10 Å². The molecule has 2 unspecified atom stereocenters. The Kier molecular flexibility index (Phi) is 10.9. The number of amides is 1. The minimum Gasteiger partial charge on any atom is -0.376 e. The summed E-state index contributed by atoms with van der Waals surface area (Å²) in [6, 6.07) is 0.632. The third-order valence-corrected chi connectivity index (χ3v) is 4.64. The topological polar surface area (TPSA) is 59.6 Å². The molecule has 0 aromatic rings. The van der Waals surface area contributed by atoms with E-state index in [1.165, 1.54) is 38.5 Å². The van der Waals surface area contributed by atoms with E-state index in [1.807, 2.05) is 6.92 Å². The van der Waals surface area contributed by atoms with Crippen molar-refractivity contribution < 1.29 is 14.3 Å². The standard InChI is InChI=1S/C17H32N2O3.ClH/c1-14(22-13-16-9-6-12-21-16)17(20)19-11-10-18-15-7-4-2-3-5-8-15;/h14-16,18H,2-13H2,1H3,(H,19,20);1H. The number of carbonyl (C=O) groups is 1. The van der Waals surface area contributed by atoms with Gasteiger partial charge in [0.2, 0.25) is 5.91 Å². The molecule has 1 aliphatic carbocycles. The highest BCUT2D eigenvalue weighted by atomic mass is 35.5. The molecular formula is C17H33ClN2O3. The van der Waals surface area contributed by atoms with Gasteiger partial charge in [0.15, 0.2) is 0 Å². The normalized spacial score (nSPS) is 23.8. The maximum absolute atomic E-state index is 11.9. The van der Waals surface area contributed by atoms with E-state index >= 15 is 0 Å². The molecule has 1 amide bonds. The molecule has 2 fully saturated rings. The van der Waals surface area contributed by atoms with Crippen molar-refractivity contribution in [1.29, 1.82) is 0 Å². The maximum Gasteiger partial charge on any atom is 0.248 e. The first-order valence-corrected chi connectivity index (χ1v) is 9.00. The molecule has 0 aromatic carbocycles. The average Bonchev–Trinajstić information content (AvgIpc) is 2.91. The van der Waals surface area contributed by atoms with Gasteiger partial charge >= 0.3 is 0 Å². The second kappa shape index (κ2) is 12.1. The van der Waals surface area contributed by atoms with Crippen LogP contribution >= 0.6 is 12.4 Å². The lowest BCUT2D eigenvalue weighted by molar-refractivity contribution is -0.133. The molecule has 2 aliphatic rings. The maximum atomic E-state index is 11.9. The van der Waals surface area contributed by atoms with Crippen LogP contribution in [0.25, 0.3) is 0 Å². The number of hydrogen-bond donors (Lipinski definition) is 2. The fourth-order valence-corrected chi connectivity index (χ4v) is 3.19. The van der Waals surface area contributed by atoms with Gasteiger partial charge in [-0.25, -0.2) is 0 Å². The molecule has 1 heterocycles. The van der Waals surface area contributed by atoms with Gasteiger partial charge in [-0.05, 0) is 32.6 Å². The Bertz CT molecular complexity index is 317. The third kappa shape index (κ3) is 8.34.